The Labute approximate surface area is 182 Å². The molecule has 1 aliphatic rings. The molecule has 1 fully saturated rings. The number of nitrogens with zero attached hydrogens (tertiary/aromatic N) is 2. The summed E-state index contributed by atoms with van der Waals surface area (Å²) in [5.41, 5.74) is 0.628. The second kappa shape index (κ2) is 11.1. The monoisotopic (exact) mass is 430 g/mol. The van der Waals surface area contributed by atoms with E-state index in [4.69, 9.17) is 9.47 Å². The van der Waals surface area contributed by atoms with Crippen molar-refractivity contribution in [3.8, 4) is 5.75 Å². The molecule has 168 valence electrons. The molecule has 1 aromatic carbocycles. The van der Waals surface area contributed by atoms with E-state index in [9.17, 15) is 14.0 Å². The summed E-state index contributed by atoms with van der Waals surface area (Å²) in [6, 6.07) is 6.82. The molecule has 0 radical (unpaired) electrons. The number of hydrogen-bond acceptors (Lipinski definition) is 5. The molecule has 0 amide bonds. The number of hydrogen-bond donors (Lipinski definition) is 0. The Hall–Kier alpha value is -2.67. The maximum Gasteiger partial charge on any atom is 0.343 e. The molecule has 0 bridgehead atoms. The van der Waals surface area contributed by atoms with Crippen molar-refractivity contribution in [2.45, 2.75) is 58.7 Å². The Morgan fingerprint density at radius 3 is 2.68 bits per heavy atom. The molecule has 0 unspecified atom stereocenters. The number of aromatic nitrogens is 1. The summed E-state index contributed by atoms with van der Waals surface area (Å²) in [5.74, 6) is -0.684. The number of carbonyl (C=O) groups is 1. The van der Waals surface area contributed by atoms with Gasteiger partial charge in [-0.2, -0.15) is 0 Å². The largest absolute Gasteiger partial charge is 0.488 e. The summed E-state index contributed by atoms with van der Waals surface area (Å²) in [5, 5.41) is 0. The van der Waals surface area contributed by atoms with Crippen LogP contribution in [0.3, 0.4) is 0 Å². The minimum absolute atomic E-state index is 0.000991. The highest BCUT2D eigenvalue weighted by atomic mass is 19.1. The summed E-state index contributed by atoms with van der Waals surface area (Å²) < 4.78 is 25.8. The lowest BCUT2D eigenvalue weighted by Crippen LogP contribution is -2.33. The molecule has 1 aromatic heterocycles. The van der Waals surface area contributed by atoms with Crippen molar-refractivity contribution in [1.29, 1.82) is 0 Å². The number of benzene rings is 1. The fraction of sp³-hybridized carbons (Fsp3) is 0.500. The van der Waals surface area contributed by atoms with Gasteiger partial charge >= 0.3 is 5.97 Å². The van der Waals surface area contributed by atoms with Gasteiger partial charge in [0.25, 0.3) is 0 Å². The topological polar surface area (TPSA) is 60.8 Å². The van der Waals surface area contributed by atoms with Crippen molar-refractivity contribution < 1.29 is 18.7 Å². The van der Waals surface area contributed by atoms with Gasteiger partial charge in [0, 0.05) is 25.3 Å². The van der Waals surface area contributed by atoms with Crippen LogP contribution < -0.4 is 10.2 Å². The molecule has 1 atom stereocenters. The van der Waals surface area contributed by atoms with E-state index in [-0.39, 0.29) is 29.8 Å². The summed E-state index contributed by atoms with van der Waals surface area (Å²) in [4.78, 5) is 27.4. The molecule has 6 nitrogen and oxygen atoms in total. The number of rotatable bonds is 10. The molecule has 1 aliphatic heterocycles. The molecule has 31 heavy (non-hydrogen) atoms. The third-order valence-electron chi connectivity index (χ3n) is 5.52. The molecule has 1 saturated heterocycles. The van der Waals surface area contributed by atoms with Crippen LogP contribution in [0.25, 0.3) is 0 Å². The van der Waals surface area contributed by atoms with Gasteiger partial charge in [0.15, 0.2) is 5.75 Å². The average Bonchev–Trinajstić information content (AvgIpc) is 3.18. The zero-order chi connectivity index (χ0) is 22.2. The fourth-order valence-electron chi connectivity index (χ4n) is 3.87. The Kier molecular flexibility index (Phi) is 8.23. The summed E-state index contributed by atoms with van der Waals surface area (Å²) in [7, 11) is 0. The van der Waals surface area contributed by atoms with E-state index < -0.39 is 11.4 Å². The number of esters is 1. The molecule has 0 N–H and O–H groups in total. The highest BCUT2D eigenvalue weighted by Crippen LogP contribution is 2.22. The first kappa shape index (κ1) is 23.0. The Balaban J connectivity index is 1.80. The van der Waals surface area contributed by atoms with E-state index in [1.165, 1.54) is 12.1 Å². The molecule has 0 spiro atoms. The summed E-state index contributed by atoms with van der Waals surface area (Å²) in [6.45, 7) is 6.70. The second-order valence-corrected chi connectivity index (χ2v) is 7.88. The minimum Gasteiger partial charge on any atom is -0.488 e. The van der Waals surface area contributed by atoms with Crippen LogP contribution in [0, 0.1) is 5.82 Å². The molecule has 0 aliphatic carbocycles. The first-order valence-electron chi connectivity index (χ1n) is 11.0. The second-order valence-electron chi connectivity index (χ2n) is 7.88. The van der Waals surface area contributed by atoms with Crippen molar-refractivity contribution in [2.75, 3.05) is 19.8 Å². The maximum atomic E-state index is 13.2. The van der Waals surface area contributed by atoms with Crippen LogP contribution in [0.1, 0.15) is 55.5 Å². The van der Waals surface area contributed by atoms with Gasteiger partial charge in [0.1, 0.15) is 11.4 Å². The van der Waals surface area contributed by atoms with E-state index in [1.807, 2.05) is 23.6 Å². The average molecular weight is 431 g/mol. The molecule has 2 heterocycles. The SMILES string of the molecule is CCCCOc1cn(C[C@@H]2CCCN2Cc2ccc(F)cc2)cc(C(=O)OCC)c1=O. The highest BCUT2D eigenvalue weighted by molar-refractivity contribution is 5.89. The summed E-state index contributed by atoms with van der Waals surface area (Å²) in [6.07, 6.45) is 7.12. The predicted octanol–water partition coefficient (Wildman–Crippen LogP) is 4.01. The highest BCUT2D eigenvalue weighted by Gasteiger charge is 2.26. The number of halogens is 1. The maximum absolute atomic E-state index is 13.2. The normalized spacial score (nSPS) is 16.4. The lowest BCUT2D eigenvalue weighted by Gasteiger charge is -2.26. The van der Waals surface area contributed by atoms with E-state index in [0.717, 1.165) is 44.3 Å². The molecule has 2 aromatic rings. The fourth-order valence-corrected chi connectivity index (χ4v) is 3.87. The Morgan fingerprint density at radius 2 is 1.97 bits per heavy atom. The minimum atomic E-state index is -0.628. The van der Waals surface area contributed by atoms with Crippen LogP contribution >= 0.6 is 0 Å². The molecule has 3 rings (SSSR count). The van der Waals surface area contributed by atoms with Crippen molar-refractivity contribution in [1.82, 2.24) is 9.47 Å². The van der Waals surface area contributed by atoms with Gasteiger partial charge in [-0.15, -0.1) is 0 Å². The van der Waals surface area contributed by atoms with Crippen LogP contribution in [-0.2, 0) is 17.8 Å². The quantitative estimate of drug-likeness (QED) is 0.421. The van der Waals surface area contributed by atoms with Crippen molar-refractivity contribution in [2.24, 2.45) is 0 Å². The standard InChI is InChI=1S/C24H31FN2O4/c1-3-5-13-31-22-17-26(16-21(23(22)28)24(29)30-4-2)15-20-7-6-12-27(20)14-18-8-10-19(25)11-9-18/h8-11,16-17,20H,3-7,12-15H2,1-2H3/t20-/m0/s1. The smallest absolute Gasteiger partial charge is 0.343 e. The van der Waals surface area contributed by atoms with Gasteiger partial charge in [0.05, 0.1) is 19.4 Å². The molecule has 0 saturated carbocycles. The van der Waals surface area contributed by atoms with E-state index >= 15 is 0 Å². The van der Waals surface area contributed by atoms with E-state index in [0.29, 0.717) is 13.2 Å². The van der Waals surface area contributed by atoms with E-state index in [1.54, 1.807) is 19.3 Å². The van der Waals surface area contributed by atoms with Crippen LogP contribution in [-0.4, -0.2) is 41.2 Å². The van der Waals surface area contributed by atoms with Gasteiger partial charge in [-0.3, -0.25) is 9.69 Å². The molecular formula is C24H31FN2O4. The van der Waals surface area contributed by atoms with Crippen molar-refractivity contribution in [3.05, 3.63) is 63.8 Å². The van der Waals surface area contributed by atoms with Gasteiger partial charge in [-0.1, -0.05) is 25.5 Å². The Morgan fingerprint density at radius 1 is 1.19 bits per heavy atom. The number of ether oxygens (including phenoxy) is 2. The van der Waals surface area contributed by atoms with Gasteiger partial charge in [-0.05, 0) is 50.4 Å². The van der Waals surface area contributed by atoms with Crippen LogP contribution in [0.2, 0.25) is 0 Å². The van der Waals surface area contributed by atoms with Crippen LogP contribution in [0.4, 0.5) is 4.39 Å². The lowest BCUT2D eigenvalue weighted by molar-refractivity contribution is 0.0522. The zero-order valence-electron chi connectivity index (χ0n) is 18.3. The first-order chi connectivity index (χ1) is 15.0. The predicted molar refractivity (Wildman–Crippen MR) is 117 cm³/mol. The van der Waals surface area contributed by atoms with Crippen LogP contribution in [0.15, 0.2) is 41.5 Å². The Bertz CT molecular complexity index is 926. The van der Waals surface area contributed by atoms with Crippen molar-refractivity contribution >= 4 is 5.97 Å². The third-order valence-corrected chi connectivity index (χ3v) is 5.52. The van der Waals surface area contributed by atoms with Crippen molar-refractivity contribution in [3.63, 3.8) is 0 Å². The van der Waals surface area contributed by atoms with Crippen LogP contribution in [0.5, 0.6) is 5.75 Å². The molecule has 7 heteroatoms. The number of carbonyl (C=O) groups excluding carboxylic acids is 1. The molecular weight excluding hydrogens is 399 g/mol. The summed E-state index contributed by atoms with van der Waals surface area (Å²) >= 11 is 0. The first-order valence-corrected chi connectivity index (χ1v) is 11.0. The number of unbranched alkanes of at least 4 members (excludes halogenated alkanes) is 1. The van der Waals surface area contributed by atoms with Gasteiger partial charge in [-0.25, -0.2) is 9.18 Å². The van der Waals surface area contributed by atoms with E-state index in [2.05, 4.69) is 4.90 Å². The van der Waals surface area contributed by atoms with Gasteiger partial charge in [0.2, 0.25) is 5.43 Å². The number of likely N-dealkylation sites (tertiary alicyclic amines) is 1. The zero-order valence-corrected chi connectivity index (χ0v) is 18.3. The third kappa shape index (κ3) is 6.17. The lowest BCUT2D eigenvalue weighted by atomic mass is 10.1. The number of pyridine rings is 1. The van der Waals surface area contributed by atoms with Gasteiger partial charge < -0.3 is 14.0 Å².